The van der Waals surface area contributed by atoms with E-state index >= 15 is 0 Å². The van der Waals surface area contributed by atoms with E-state index in [-0.39, 0.29) is 0 Å². The van der Waals surface area contributed by atoms with Crippen molar-refractivity contribution < 1.29 is 0 Å². The van der Waals surface area contributed by atoms with Gasteiger partial charge in [0.15, 0.2) is 0 Å². The molecule has 92 valence electrons. The molecule has 0 heterocycles. The summed E-state index contributed by atoms with van der Waals surface area (Å²) in [6.07, 6.45) is 0. The van der Waals surface area contributed by atoms with Crippen LogP contribution in [0, 0.1) is 6.92 Å². The molecule has 6 nitrogen and oxygen atoms in total. The van der Waals surface area contributed by atoms with Crippen molar-refractivity contribution in [3.05, 3.63) is 68.9 Å². The van der Waals surface area contributed by atoms with Crippen LogP contribution < -0.4 is 0 Å². The highest BCUT2D eigenvalue weighted by atomic mass is 15.2. The van der Waals surface area contributed by atoms with Crippen molar-refractivity contribution in [2.45, 2.75) is 6.92 Å². The van der Waals surface area contributed by atoms with Crippen LogP contribution in [0.2, 0.25) is 0 Å². The Labute approximate surface area is 109 Å². The van der Waals surface area contributed by atoms with Crippen molar-refractivity contribution in [2.75, 3.05) is 0 Å². The summed E-state index contributed by atoms with van der Waals surface area (Å²) >= 11 is 0. The molecule has 0 unspecified atom stereocenters. The molecule has 2 aromatic carbocycles. The second-order valence-electron chi connectivity index (χ2n) is 3.87. The largest absolute Gasteiger partial charge is 0.0622 e. The Balaban J connectivity index is 2.78. The van der Waals surface area contributed by atoms with Crippen molar-refractivity contribution >= 4 is 11.4 Å². The van der Waals surface area contributed by atoms with Crippen LogP contribution in [0.15, 0.2) is 52.7 Å². The maximum atomic E-state index is 8.70. The van der Waals surface area contributed by atoms with Gasteiger partial charge < -0.3 is 0 Å². The summed E-state index contributed by atoms with van der Waals surface area (Å²) < 4.78 is 0. The van der Waals surface area contributed by atoms with Gasteiger partial charge in [-0.3, -0.25) is 0 Å². The standard InChI is InChI=1S/C13H10N6/c1-9-7-8-11(10-5-3-2-4-6-10)13(17-19-15)12(9)16-18-14/h2-8H,1H3. The lowest BCUT2D eigenvalue weighted by atomic mass is 10.0. The number of benzene rings is 2. The molecule has 0 saturated carbocycles. The third kappa shape index (κ3) is 2.50. The van der Waals surface area contributed by atoms with E-state index in [9.17, 15) is 0 Å². The van der Waals surface area contributed by atoms with Crippen molar-refractivity contribution in [1.29, 1.82) is 0 Å². The lowest BCUT2D eigenvalue weighted by Crippen LogP contribution is -1.82. The van der Waals surface area contributed by atoms with Gasteiger partial charge in [-0.25, -0.2) is 0 Å². The van der Waals surface area contributed by atoms with E-state index in [4.69, 9.17) is 11.1 Å². The van der Waals surface area contributed by atoms with E-state index in [2.05, 4.69) is 20.1 Å². The normalized spacial score (nSPS) is 9.32. The molecular formula is C13H10N6. The summed E-state index contributed by atoms with van der Waals surface area (Å²) in [5.41, 5.74) is 20.4. The van der Waals surface area contributed by atoms with Crippen LogP contribution >= 0.6 is 0 Å². The molecule has 0 aliphatic carbocycles. The zero-order chi connectivity index (χ0) is 13.7. The number of aryl methyl sites for hydroxylation is 1. The molecule has 0 spiro atoms. The van der Waals surface area contributed by atoms with Gasteiger partial charge >= 0.3 is 0 Å². The zero-order valence-electron chi connectivity index (χ0n) is 10.2. The Kier molecular flexibility index (Phi) is 3.69. The van der Waals surface area contributed by atoms with E-state index in [1.54, 1.807) is 6.92 Å². The predicted molar refractivity (Wildman–Crippen MR) is 74.2 cm³/mol. The highest BCUT2D eigenvalue weighted by molar-refractivity contribution is 5.85. The lowest BCUT2D eigenvalue weighted by molar-refractivity contribution is 1.34. The smallest absolute Gasteiger partial charge is 0.0551 e. The van der Waals surface area contributed by atoms with Crippen LogP contribution in [0.4, 0.5) is 11.4 Å². The highest BCUT2D eigenvalue weighted by Crippen LogP contribution is 2.40. The fourth-order valence-corrected chi connectivity index (χ4v) is 1.85. The van der Waals surface area contributed by atoms with Crippen molar-refractivity contribution in [3.8, 4) is 11.1 Å². The maximum Gasteiger partial charge on any atom is 0.0551 e. The van der Waals surface area contributed by atoms with Gasteiger partial charge in [0.05, 0.1) is 11.4 Å². The number of nitrogens with zero attached hydrogens (tertiary/aromatic N) is 6. The fourth-order valence-electron chi connectivity index (χ4n) is 1.85. The van der Waals surface area contributed by atoms with Gasteiger partial charge in [0, 0.05) is 9.82 Å². The van der Waals surface area contributed by atoms with Crippen LogP contribution in [-0.4, -0.2) is 0 Å². The number of rotatable bonds is 3. The summed E-state index contributed by atoms with van der Waals surface area (Å²) in [4.78, 5) is 5.60. The highest BCUT2D eigenvalue weighted by Gasteiger charge is 2.10. The Bertz CT molecular complexity index is 695. The van der Waals surface area contributed by atoms with E-state index in [0.29, 0.717) is 11.4 Å². The molecule has 0 N–H and O–H groups in total. The molecule has 19 heavy (non-hydrogen) atoms. The Morgan fingerprint density at radius 3 is 2.11 bits per heavy atom. The van der Waals surface area contributed by atoms with E-state index in [1.165, 1.54) is 0 Å². The lowest BCUT2D eigenvalue weighted by Gasteiger charge is -2.10. The van der Waals surface area contributed by atoms with Crippen LogP contribution in [0.3, 0.4) is 0 Å². The molecule has 0 aliphatic rings. The van der Waals surface area contributed by atoms with Gasteiger partial charge in [0.1, 0.15) is 0 Å². The Morgan fingerprint density at radius 1 is 0.842 bits per heavy atom. The van der Waals surface area contributed by atoms with E-state index in [0.717, 1.165) is 16.7 Å². The van der Waals surface area contributed by atoms with E-state index < -0.39 is 0 Å². The molecule has 0 saturated heterocycles. The Morgan fingerprint density at radius 2 is 1.47 bits per heavy atom. The monoisotopic (exact) mass is 250 g/mol. The van der Waals surface area contributed by atoms with Crippen LogP contribution in [0.5, 0.6) is 0 Å². The van der Waals surface area contributed by atoms with Gasteiger partial charge in [-0.1, -0.05) is 52.7 Å². The second-order valence-corrected chi connectivity index (χ2v) is 3.87. The molecule has 0 amide bonds. The molecule has 0 aliphatic heterocycles. The van der Waals surface area contributed by atoms with Crippen LogP contribution in [-0.2, 0) is 0 Å². The second kappa shape index (κ2) is 5.60. The van der Waals surface area contributed by atoms with E-state index in [1.807, 2.05) is 42.5 Å². The molecule has 2 rings (SSSR count). The summed E-state index contributed by atoms with van der Waals surface area (Å²) in [7, 11) is 0. The average molecular weight is 250 g/mol. The molecule has 0 radical (unpaired) electrons. The van der Waals surface area contributed by atoms with Crippen LogP contribution in [0.1, 0.15) is 5.56 Å². The summed E-state index contributed by atoms with van der Waals surface area (Å²) in [5, 5.41) is 7.30. The molecule has 0 bridgehead atoms. The third-order valence-electron chi connectivity index (χ3n) is 2.73. The van der Waals surface area contributed by atoms with Crippen LogP contribution in [0.25, 0.3) is 32.0 Å². The van der Waals surface area contributed by atoms with Crippen molar-refractivity contribution in [1.82, 2.24) is 0 Å². The Hall–Kier alpha value is -2.94. The summed E-state index contributed by atoms with van der Waals surface area (Å²) in [6, 6.07) is 13.2. The SMILES string of the molecule is Cc1ccc(-c2ccccc2)c(N=[N+]=[N-])c1N=[N+]=[N-]. The molecule has 0 fully saturated rings. The van der Waals surface area contributed by atoms with Gasteiger partial charge in [-0.05, 0) is 34.7 Å². The first-order valence-electron chi connectivity index (χ1n) is 5.57. The average Bonchev–Trinajstić information content (AvgIpc) is 2.44. The first-order valence-corrected chi connectivity index (χ1v) is 5.57. The van der Waals surface area contributed by atoms with Gasteiger partial charge in [-0.15, -0.1) is 0 Å². The molecule has 0 atom stereocenters. The molecule has 0 aromatic heterocycles. The predicted octanol–water partition coefficient (Wildman–Crippen LogP) is 5.55. The minimum atomic E-state index is 0.353. The quantitative estimate of drug-likeness (QED) is 0.388. The van der Waals surface area contributed by atoms with Gasteiger partial charge in [0.2, 0.25) is 0 Å². The molecular weight excluding hydrogens is 240 g/mol. The molecule has 6 heteroatoms. The number of hydrogen-bond acceptors (Lipinski definition) is 2. The van der Waals surface area contributed by atoms with Crippen molar-refractivity contribution in [2.24, 2.45) is 10.2 Å². The summed E-state index contributed by atoms with van der Waals surface area (Å²) in [5.74, 6) is 0. The van der Waals surface area contributed by atoms with Crippen molar-refractivity contribution in [3.63, 3.8) is 0 Å². The maximum absolute atomic E-state index is 8.70. The third-order valence-corrected chi connectivity index (χ3v) is 2.73. The molecule has 2 aromatic rings. The topological polar surface area (TPSA) is 97.5 Å². The van der Waals surface area contributed by atoms with Gasteiger partial charge in [0.25, 0.3) is 0 Å². The first-order chi connectivity index (χ1) is 9.27. The fraction of sp³-hybridized carbons (Fsp3) is 0.0769. The number of azide groups is 2. The minimum Gasteiger partial charge on any atom is -0.0622 e. The first kappa shape index (κ1) is 12.5. The summed E-state index contributed by atoms with van der Waals surface area (Å²) in [6.45, 7) is 1.80. The van der Waals surface area contributed by atoms with Gasteiger partial charge in [-0.2, -0.15) is 0 Å². The zero-order valence-corrected chi connectivity index (χ0v) is 10.2. The number of hydrogen-bond donors (Lipinski definition) is 0. The minimum absolute atomic E-state index is 0.353.